The summed E-state index contributed by atoms with van der Waals surface area (Å²) in [5.41, 5.74) is -0.544. The number of ether oxygens (including phenoxy) is 1. The highest BCUT2D eigenvalue weighted by molar-refractivity contribution is 6.20. The van der Waals surface area contributed by atoms with Gasteiger partial charge in [0.25, 0.3) is 0 Å². The van der Waals surface area contributed by atoms with Gasteiger partial charge in [-0.3, -0.25) is 14.7 Å². The van der Waals surface area contributed by atoms with Gasteiger partial charge in [-0.25, -0.2) is 13.6 Å². The van der Waals surface area contributed by atoms with Gasteiger partial charge in [0.2, 0.25) is 5.91 Å². The van der Waals surface area contributed by atoms with E-state index in [1.807, 2.05) is 6.92 Å². The summed E-state index contributed by atoms with van der Waals surface area (Å²) in [5.74, 6) is -2.16. The van der Waals surface area contributed by atoms with Gasteiger partial charge in [-0.15, -0.1) is 0 Å². The maximum absolute atomic E-state index is 14.4. The fourth-order valence-electron chi connectivity index (χ4n) is 3.29. The number of amides is 1. The van der Waals surface area contributed by atoms with Crippen LogP contribution < -0.4 is 4.90 Å². The van der Waals surface area contributed by atoms with Crippen molar-refractivity contribution in [2.24, 2.45) is 4.99 Å². The molecule has 0 radical (unpaired) electrons. The van der Waals surface area contributed by atoms with E-state index < -0.39 is 29.0 Å². The molecule has 0 saturated carbocycles. The summed E-state index contributed by atoms with van der Waals surface area (Å²) in [4.78, 5) is 31.2. The molecule has 1 aliphatic heterocycles. The zero-order valence-electron chi connectivity index (χ0n) is 16.5. The molecule has 152 valence electrons. The van der Waals surface area contributed by atoms with E-state index >= 15 is 0 Å². The summed E-state index contributed by atoms with van der Waals surface area (Å²) in [6.45, 7) is 4.89. The van der Waals surface area contributed by atoms with Gasteiger partial charge in [-0.2, -0.15) is 0 Å². The first-order chi connectivity index (χ1) is 13.8. The Labute approximate surface area is 168 Å². The van der Waals surface area contributed by atoms with Crippen molar-refractivity contribution in [2.45, 2.75) is 32.7 Å². The molecule has 0 spiro atoms. The second-order valence-electron chi connectivity index (χ2n) is 7.23. The summed E-state index contributed by atoms with van der Waals surface area (Å²) < 4.78 is 33.8. The average Bonchev–Trinajstić information content (AvgIpc) is 2.82. The molecule has 2 aromatic carbocycles. The lowest BCUT2D eigenvalue weighted by molar-refractivity contribution is -0.150. The van der Waals surface area contributed by atoms with Crippen molar-refractivity contribution in [1.82, 2.24) is 0 Å². The number of halogens is 2. The number of aliphatic imine (C=N–C) groups is 1. The van der Waals surface area contributed by atoms with Crippen LogP contribution in [-0.2, 0) is 14.3 Å². The number of benzodiazepines with no additional fused rings is 1. The third-order valence-electron chi connectivity index (χ3n) is 4.70. The fourth-order valence-corrected chi connectivity index (χ4v) is 3.29. The predicted molar refractivity (Wildman–Crippen MR) is 106 cm³/mol. The minimum atomic E-state index is -1.36. The van der Waals surface area contributed by atoms with Crippen LogP contribution in [0.25, 0.3) is 0 Å². The number of rotatable bonds is 5. The Hall–Kier alpha value is -3.09. The number of carbonyl (C=O) groups is 2. The molecular weight excluding hydrogens is 378 g/mol. The van der Waals surface area contributed by atoms with Gasteiger partial charge in [0.05, 0.1) is 18.0 Å². The Balaban J connectivity index is 2.17. The quantitative estimate of drug-likeness (QED) is 0.716. The van der Waals surface area contributed by atoms with Crippen LogP contribution in [0.3, 0.4) is 0 Å². The van der Waals surface area contributed by atoms with Gasteiger partial charge in [-0.1, -0.05) is 19.1 Å². The Morgan fingerprint density at radius 1 is 1.17 bits per heavy atom. The number of esters is 1. The first-order valence-electron chi connectivity index (χ1n) is 9.37. The summed E-state index contributed by atoms with van der Waals surface area (Å²) >= 11 is 0. The highest BCUT2D eigenvalue weighted by Crippen LogP contribution is 2.33. The summed E-state index contributed by atoms with van der Waals surface area (Å²) in [7, 11) is 0. The molecular formula is C22H22F2N2O3. The zero-order valence-corrected chi connectivity index (χ0v) is 16.5. The predicted octanol–water partition coefficient (Wildman–Crippen LogP) is 3.88. The maximum atomic E-state index is 14.4. The van der Waals surface area contributed by atoms with Crippen LogP contribution in [0.2, 0.25) is 0 Å². The molecule has 0 fully saturated rings. The number of hydrogen-bond donors (Lipinski definition) is 0. The van der Waals surface area contributed by atoms with Gasteiger partial charge < -0.3 is 4.74 Å². The smallest absolute Gasteiger partial charge is 0.331 e. The second-order valence-corrected chi connectivity index (χ2v) is 7.23. The molecule has 0 unspecified atom stereocenters. The van der Waals surface area contributed by atoms with Crippen molar-refractivity contribution >= 4 is 23.3 Å². The lowest BCUT2D eigenvalue weighted by Crippen LogP contribution is -2.55. The lowest BCUT2D eigenvalue weighted by atomic mass is 9.96. The Bertz CT molecular complexity index is 986. The highest BCUT2D eigenvalue weighted by Gasteiger charge is 2.42. The Morgan fingerprint density at radius 2 is 1.90 bits per heavy atom. The molecule has 1 aliphatic rings. The molecule has 1 amide bonds. The molecule has 2 aromatic rings. The molecule has 7 heteroatoms. The number of fused-ring (bicyclic) bond motifs is 1. The SMILES string of the molecule is CCCOC(=O)C(C)(C)N1C(=O)CN=C(c2ccccc2F)c2cc(F)ccc21. The van der Waals surface area contributed by atoms with Crippen LogP contribution in [-0.4, -0.2) is 36.3 Å². The van der Waals surface area contributed by atoms with Crippen LogP contribution in [0.5, 0.6) is 0 Å². The standard InChI is InChI=1S/C22H22F2N2O3/c1-4-11-29-21(28)22(2,3)26-18-10-9-14(23)12-16(18)20(25-13-19(26)27)15-7-5-6-8-17(15)24/h5-10,12H,4,11,13H2,1-3H3. The number of carbonyl (C=O) groups excluding carboxylic acids is 2. The van der Waals surface area contributed by atoms with E-state index in [0.29, 0.717) is 6.42 Å². The van der Waals surface area contributed by atoms with Gasteiger partial charge in [-0.05, 0) is 50.6 Å². The number of anilines is 1. The molecule has 5 nitrogen and oxygen atoms in total. The monoisotopic (exact) mass is 400 g/mol. The van der Waals surface area contributed by atoms with E-state index in [1.165, 1.54) is 41.3 Å². The van der Waals surface area contributed by atoms with Crippen molar-refractivity contribution in [3.05, 3.63) is 65.2 Å². The first-order valence-corrected chi connectivity index (χ1v) is 9.37. The van der Waals surface area contributed by atoms with Crippen molar-refractivity contribution in [2.75, 3.05) is 18.1 Å². The minimum Gasteiger partial charge on any atom is -0.464 e. The number of benzene rings is 2. The third-order valence-corrected chi connectivity index (χ3v) is 4.70. The summed E-state index contributed by atoms with van der Waals surface area (Å²) in [6, 6.07) is 9.75. The van der Waals surface area contributed by atoms with Crippen molar-refractivity contribution < 1.29 is 23.1 Å². The van der Waals surface area contributed by atoms with Gasteiger partial charge in [0.15, 0.2) is 0 Å². The van der Waals surface area contributed by atoms with Crippen LogP contribution in [0, 0.1) is 11.6 Å². The first kappa shape index (κ1) is 20.6. The molecule has 0 bridgehead atoms. The van der Waals surface area contributed by atoms with Crippen molar-refractivity contribution in [1.29, 1.82) is 0 Å². The van der Waals surface area contributed by atoms with E-state index in [9.17, 15) is 18.4 Å². The average molecular weight is 400 g/mol. The molecule has 1 heterocycles. The molecule has 29 heavy (non-hydrogen) atoms. The van der Waals surface area contributed by atoms with Crippen molar-refractivity contribution in [3.63, 3.8) is 0 Å². The van der Waals surface area contributed by atoms with E-state index in [0.717, 1.165) is 0 Å². The van der Waals surface area contributed by atoms with Crippen LogP contribution >= 0.6 is 0 Å². The summed E-state index contributed by atoms with van der Waals surface area (Å²) in [6.07, 6.45) is 0.637. The zero-order chi connectivity index (χ0) is 21.2. The van der Waals surface area contributed by atoms with E-state index in [1.54, 1.807) is 19.9 Å². The normalized spacial score (nSPS) is 14.2. The molecule has 0 saturated heterocycles. The van der Waals surface area contributed by atoms with Gasteiger partial charge in [0.1, 0.15) is 23.7 Å². The maximum Gasteiger partial charge on any atom is 0.331 e. The lowest BCUT2D eigenvalue weighted by Gasteiger charge is -2.36. The summed E-state index contributed by atoms with van der Waals surface area (Å²) in [5, 5.41) is 0. The number of hydrogen-bond acceptors (Lipinski definition) is 4. The molecule has 0 aromatic heterocycles. The molecule has 0 atom stereocenters. The molecule has 0 N–H and O–H groups in total. The molecule has 0 aliphatic carbocycles. The van der Waals surface area contributed by atoms with Crippen LogP contribution in [0.4, 0.5) is 14.5 Å². The minimum absolute atomic E-state index is 0.153. The largest absolute Gasteiger partial charge is 0.464 e. The number of nitrogens with zero attached hydrogens (tertiary/aromatic N) is 2. The second kappa shape index (κ2) is 8.11. The van der Waals surface area contributed by atoms with Gasteiger partial charge in [0, 0.05) is 11.1 Å². The highest BCUT2D eigenvalue weighted by atomic mass is 19.1. The van der Waals surface area contributed by atoms with E-state index in [4.69, 9.17) is 4.74 Å². The van der Waals surface area contributed by atoms with E-state index in [2.05, 4.69) is 4.99 Å². The Morgan fingerprint density at radius 3 is 2.59 bits per heavy atom. The van der Waals surface area contributed by atoms with Crippen LogP contribution in [0.15, 0.2) is 47.5 Å². The Kier molecular flexibility index (Phi) is 5.77. The van der Waals surface area contributed by atoms with Crippen LogP contribution in [0.1, 0.15) is 38.3 Å². The molecule has 3 rings (SSSR count). The van der Waals surface area contributed by atoms with E-state index in [-0.39, 0.29) is 35.7 Å². The van der Waals surface area contributed by atoms with Gasteiger partial charge >= 0.3 is 5.97 Å². The third kappa shape index (κ3) is 3.90. The van der Waals surface area contributed by atoms with Crippen molar-refractivity contribution in [3.8, 4) is 0 Å². The fraction of sp³-hybridized carbons (Fsp3) is 0.318. The topological polar surface area (TPSA) is 59.0 Å².